The van der Waals surface area contributed by atoms with Crippen molar-refractivity contribution in [1.82, 2.24) is 5.32 Å². The maximum Gasteiger partial charge on any atom is 0.326 e. The molecule has 0 radical (unpaired) electrons. The smallest absolute Gasteiger partial charge is 0.326 e. The van der Waals surface area contributed by atoms with Crippen LogP contribution in [-0.2, 0) is 4.79 Å². The maximum atomic E-state index is 13.5. The summed E-state index contributed by atoms with van der Waals surface area (Å²) in [7, 11) is 0. The van der Waals surface area contributed by atoms with Crippen LogP contribution < -0.4 is 10.6 Å². The number of hydrogen-bond acceptors (Lipinski definition) is 3. The molecule has 1 rings (SSSR count). The van der Waals surface area contributed by atoms with Gasteiger partial charge in [0.25, 0.3) is 0 Å². The van der Waals surface area contributed by atoms with Crippen molar-refractivity contribution in [2.75, 3.05) is 11.9 Å². The van der Waals surface area contributed by atoms with Crippen LogP contribution in [0.4, 0.5) is 19.3 Å². The molecular formula is C12H14F2N2O4. The third-order valence-corrected chi connectivity index (χ3v) is 2.52. The monoisotopic (exact) mass is 288 g/mol. The van der Waals surface area contributed by atoms with Crippen molar-refractivity contribution in [2.24, 2.45) is 0 Å². The Labute approximate surface area is 113 Å². The lowest BCUT2D eigenvalue weighted by molar-refractivity contribution is -0.139. The lowest BCUT2D eigenvalue weighted by atomic mass is 10.2. The molecule has 0 fully saturated rings. The van der Waals surface area contributed by atoms with Gasteiger partial charge in [-0.1, -0.05) is 0 Å². The molecule has 0 saturated heterocycles. The average molecular weight is 288 g/mol. The summed E-state index contributed by atoms with van der Waals surface area (Å²) >= 11 is 0. The first-order valence-corrected chi connectivity index (χ1v) is 5.72. The van der Waals surface area contributed by atoms with Gasteiger partial charge in [-0.2, -0.15) is 0 Å². The first-order valence-electron chi connectivity index (χ1n) is 5.72. The van der Waals surface area contributed by atoms with E-state index in [1.807, 2.05) is 10.6 Å². The van der Waals surface area contributed by atoms with Crippen molar-refractivity contribution in [2.45, 2.75) is 19.4 Å². The van der Waals surface area contributed by atoms with Gasteiger partial charge in [-0.05, 0) is 18.6 Å². The second kappa shape index (κ2) is 6.80. The fraction of sp³-hybridized carbons (Fsp3) is 0.333. The molecule has 8 heteroatoms. The number of carbonyl (C=O) groups excluding carboxylic acids is 1. The number of carboxylic acids is 1. The molecule has 110 valence electrons. The largest absolute Gasteiger partial charge is 0.480 e. The van der Waals surface area contributed by atoms with Crippen LogP contribution in [0.3, 0.4) is 0 Å². The highest BCUT2D eigenvalue weighted by atomic mass is 19.1. The number of aliphatic carboxylic acids is 1. The Morgan fingerprint density at radius 2 is 1.95 bits per heavy atom. The second-order valence-electron chi connectivity index (χ2n) is 4.08. The van der Waals surface area contributed by atoms with Crippen molar-refractivity contribution in [3.8, 4) is 0 Å². The Bertz CT molecular complexity index is 522. The van der Waals surface area contributed by atoms with Gasteiger partial charge in [-0.25, -0.2) is 18.4 Å². The average Bonchev–Trinajstić information content (AvgIpc) is 2.35. The lowest BCUT2D eigenvalue weighted by Crippen LogP contribution is -2.43. The number of nitrogens with one attached hydrogen (secondary N) is 2. The van der Waals surface area contributed by atoms with E-state index in [1.54, 1.807) is 0 Å². The molecule has 20 heavy (non-hydrogen) atoms. The van der Waals surface area contributed by atoms with E-state index < -0.39 is 42.0 Å². The van der Waals surface area contributed by atoms with Gasteiger partial charge in [-0.15, -0.1) is 0 Å². The normalized spacial score (nSPS) is 11.8. The summed E-state index contributed by atoms with van der Waals surface area (Å²) in [6.07, 6.45) is -0.201. The highest BCUT2D eigenvalue weighted by molar-refractivity contribution is 5.92. The van der Waals surface area contributed by atoms with Crippen LogP contribution in [0.5, 0.6) is 0 Å². The predicted molar refractivity (Wildman–Crippen MR) is 66.4 cm³/mol. The maximum absolute atomic E-state index is 13.5. The first kappa shape index (κ1) is 15.8. The molecule has 0 unspecified atom stereocenters. The molecule has 6 nitrogen and oxygen atoms in total. The zero-order chi connectivity index (χ0) is 15.3. The summed E-state index contributed by atoms with van der Waals surface area (Å²) in [6, 6.07) is -0.620. The number of rotatable bonds is 5. The number of carboxylic acid groups (broad SMARTS) is 1. The molecule has 0 aliphatic rings. The number of urea groups is 1. The van der Waals surface area contributed by atoms with Crippen LogP contribution in [0.2, 0.25) is 0 Å². The quantitative estimate of drug-likeness (QED) is 0.655. The molecule has 0 aromatic heterocycles. The van der Waals surface area contributed by atoms with Crippen molar-refractivity contribution < 1.29 is 28.6 Å². The molecule has 1 aromatic carbocycles. The van der Waals surface area contributed by atoms with E-state index in [1.165, 1.54) is 6.92 Å². The van der Waals surface area contributed by atoms with Crippen LogP contribution in [0.25, 0.3) is 0 Å². The fourth-order valence-corrected chi connectivity index (χ4v) is 1.45. The number of carbonyl (C=O) groups is 2. The zero-order valence-electron chi connectivity index (χ0n) is 10.6. The zero-order valence-corrected chi connectivity index (χ0v) is 10.6. The summed E-state index contributed by atoms with van der Waals surface area (Å²) in [5.74, 6) is -2.88. The summed E-state index contributed by atoms with van der Waals surface area (Å²) in [4.78, 5) is 22.2. The molecule has 1 atom stereocenters. The summed E-state index contributed by atoms with van der Waals surface area (Å²) < 4.78 is 26.7. The fourth-order valence-electron chi connectivity index (χ4n) is 1.45. The van der Waals surface area contributed by atoms with Crippen molar-refractivity contribution in [1.29, 1.82) is 0 Å². The second-order valence-corrected chi connectivity index (χ2v) is 4.08. The summed E-state index contributed by atoms with van der Waals surface area (Å²) in [5.41, 5.74) is -0.323. The number of aryl methyl sites for hydroxylation is 1. The van der Waals surface area contributed by atoms with Gasteiger partial charge in [0.05, 0.1) is 5.69 Å². The summed E-state index contributed by atoms with van der Waals surface area (Å²) in [6.45, 7) is 0.925. The highest BCUT2D eigenvalue weighted by Gasteiger charge is 2.20. The van der Waals surface area contributed by atoms with Crippen LogP contribution >= 0.6 is 0 Å². The molecule has 0 aliphatic carbocycles. The van der Waals surface area contributed by atoms with Gasteiger partial charge < -0.3 is 20.8 Å². The van der Waals surface area contributed by atoms with Crippen LogP contribution in [0, 0.1) is 18.6 Å². The van der Waals surface area contributed by atoms with Crippen LogP contribution in [-0.4, -0.2) is 34.9 Å². The topological polar surface area (TPSA) is 98.7 Å². The van der Waals surface area contributed by atoms with Gasteiger partial charge in [0, 0.05) is 19.1 Å². The minimum atomic E-state index is -1.34. The Hall–Kier alpha value is -2.22. The van der Waals surface area contributed by atoms with Gasteiger partial charge in [-0.3, -0.25) is 0 Å². The summed E-state index contributed by atoms with van der Waals surface area (Å²) in [5, 5.41) is 21.5. The SMILES string of the molecule is Cc1cc(F)c(NC(=O)N[C@@H](CCO)C(=O)O)cc1F. The minimum Gasteiger partial charge on any atom is -0.480 e. The van der Waals surface area contributed by atoms with Crippen LogP contribution in [0.1, 0.15) is 12.0 Å². The number of anilines is 1. The van der Waals surface area contributed by atoms with Gasteiger partial charge >= 0.3 is 12.0 Å². The lowest BCUT2D eigenvalue weighted by Gasteiger charge is -2.14. The van der Waals surface area contributed by atoms with E-state index >= 15 is 0 Å². The number of hydrogen-bond donors (Lipinski definition) is 4. The number of benzene rings is 1. The third-order valence-electron chi connectivity index (χ3n) is 2.52. The Kier molecular flexibility index (Phi) is 5.39. The molecule has 4 N–H and O–H groups in total. The highest BCUT2D eigenvalue weighted by Crippen LogP contribution is 2.18. The predicted octanol–water partition coefficient (Wildman–Crippen LogP) is 1.23. The Morgan fingerprint density at radius 3 is 2.50 bits per heavy atom. The molecule has 0 spiro atoms. The van der Waals surface area contributed by atoms with Gasteiger partial charge in [0.2, 0.25) is 0 Å². The van der Waals surface area contributed by atoms with Crippen molar-refractivity contribution in [3.63, 3.8) is 0 Å². The van der Waals surface area contributed by atoms with E-state index in [0.29, 0.717) is 0 Å². The van der Waals surface area contributed by atoms with Gasteiger partial charge in [0.15, 0.2) is 0 Å². The molecule has 0 aliphatic heterocycles. The molecule has 0 bridgehead atoms. The molecule has 2 amide bonds. The minimum absolute atomic E-state index is 0.0807. The molecule has 1 aromatic rings. The first-order chi connectivity index (χ1) is 9.35. The Balaban J connectivity index is 2.75. The van der Waals surface area contributed by atoms with Gasteiger partial charge in [0.1, 0.15) is 17.7 Å². The third kappa shape index (κ3) is 4.16. The van der Waals surface area contributed by atoms with Crippen molar-refractivity contribution in [3.05, 3.63) is 29.3 Å². The van der Waals surface area contributed by atoms with E-state index in [9.17, 15) is 18.4 Å². The molecule has 0 heterocycles. The molecular weight excluding hydrogens is 274 g/mol. The number of aliphatic hydroxyl groups is 1. The standard InChI is InChI=1S/C12H14F2N2O4/c1-6-4-8(14)10(5-7(6)13)16-12(20)15-9(2-3-17)11(18)19/h4-5,9,17H,2-3H2,1H3,(H,18,19)(H2,15,16,20)/t9-/m0/s1. The number of halogens is 2. The van der Waals surface area contributed by atoms with Crippen LogP contribution in [0.15, 0.2) is 12.1 Å². The number of aliphatic hydroxyl groups excluding tert-OH is 1. The van der Waals surface area contributed by atoms with E-state index in [0.717, 1.165) is 12.1 Å². The molecule has 0 saturated carbocycles. The van der Waals surface area contributed by atoms with E-state index in [4.69, 9.17) is 10.2 Å². The van der Waals surface area contributed by atoms with E-state index in [2.05, 4.69) is 0 Å². The number of amides is 2. The van der Waals surface area contributed by atoms with E-state index in [-0.39, 0.29) is 12.0 Å². The Morgan fingerprint density at radius 1 is 1.30 bits per heavy atom. The van der Waals surface area contributed by atoms with Crippen molar-refractivity contribution >= 4 is 17.7 Å².